The van der Waals surface area contributed by atoms with Crippen molar-refractivity contribution in [1.82, 2.24) is 20.5 Å². The van der Waals surface area contributed by atoms with E-state index in [-0.39, 0.29) is 24.4 Å². The molecule has 1 aromatic carbocycles. The Morgan fingerprint density at radius 3 is 2.54 bits per heavy atom. The van der Waals surface area contributed by atoms with Gasteiger partial charge < -0.3 is 10.6 Å². The monoisotopic (exact) mass is 416 g/mol. The maximum absolute atomic E-state index is 12.3. The number of hydrogen-bond donors (Lipinski definition) is 2. The van der Waals surface area contributed by atoms with E-state index in [9.17, 15) is 14.4 Å². The Bertz CT molecular complexity index is 842. The molecular weight excluding hydrogens is 400 g/mol. The van der Waals surface area contributed by atoms with Crippen LogP contribution in [0.15, 0.2) is 47.2 Å². The number of aromatic nitrogens is 1. The van der Waals surface area contributed by atoms with Crippen molar-refractivity contribution in [3.63, 3.8) is 0 Å². The molecule has 0 atom stereocenters. The Hall–Kier alpha value is -2.74. The maximum Gasteiger partial charge on any atom is 0.315 e. The maximum atomic E-state index is 12.3. The summed E-state index contributed by atoms with van der Waals surface area (Å²) in [5.74, 6) is -0.590. The summed E-state index contributed by atoms with van der Waals surface area (Å²) in [5.41, 5.74) is 1.78. The van der Waals surface area contributed by atoms with Crippen LogP contribution in [0.25, 0.3) is 0 Å². The number of fused-ring (bicyclic) bond motifs is 1. The van der Waals surface area contributed by atoms with E-state index in [2.05, 4.69) is 31.5 Å². The van der Waals surface area contributed by atoms with Gasteiger partial charge in [0.25, 0.3) is 11.8 Å². The molecule has 7 nitrogen and oxygen atoms in total. The minimum absolute atomic E-state index is 0.259. The Morgan fingerprint density at radius 1 is 1.04 bits per heavy atom. The molecule has 0 saturated carbocycles. The first-order chi connectivity index (χ1) is 12.6. The van der Waals surface area contributed by atoms with E-state index in [0.29, 0.717) is 30.6 Å². The molecular formula is C18H17BrN4O3. The van der Waals surface area contributed by atoms with Crippen molar-refractivity contribution in [2.75, 3.05) is 13.1 Å². The topological polar surface area (TPSA) is 91.4 Å². The zero-order valence-electron chi connectivity index (χ0n) is 13.9. The lowest BCUT2D eigenvalue weighted by atomic mass is 10.1. The van der Waals surface area contributed by atoms with Crippen LogP contribution < -0.4 is 10.6 Å². The molecule has 2 N–H and O–H groups in total. The fourth-order valence-corrected chi connectivity index (χ4v) is 3.01. The molecule has 0 bridgehead atoms. The van der Waals surface area contributed by atoms with Crippen LogP contribution in [0.1, 0.15) is 32.7 Å². The Morgan fingerprint density at radius 2 is 1.77 bits per heavy atom. The highest BCUT2D eigenvalue weighted by molar-refractivity contribution is 9.10. The van der Waals surface area contributed by atoms with Gasteiger partial charge in [-0.3, -0.25) is 19.5 Å². The zero-order valence-corrected chi connectivity index (χ0v) is 15.5. The average Bonchev–Trinajstić information content (AvgIpc) is 2.88. The van der Waals surface area contributed by atoms with Gasteiger partial charge in [0.15, 0.2) is 0 Å². The Balaban J connectivity index is 1.42. The Kier molecular flexibility index (Phi) is 5.62. The average molecular weight is 417 g/mol. The molecule has 8 heteroatoms. The van der Waals surface area contributed by atoms with Crippen LogP contribution >= 0.6 is 15.9 Å². The summed E-state index contributed by atoms with van der Waals surface area (Å²) in [6.07, 6.45) is 3.81. The number of benzene rings is 1. The molecule has 0 unspecified atom stereocenters. The number of imide groups is 1. The van der Waals surface area contributed by atoms with Gasteiger partial charge in [0, 0.05) is 36.5 Å². The molecule has 1 aliphatic heterocycles. The molecule has 1 aromatic heterocycles. The van der Waals surface area contributed by atoms with E-state index in [1.807, 2.05) is 12.1 Å². The van der Waals surface area contributed by atoms with E-state index < -0.39 is 0 Å². The van der Waals surface area contributed by atoms with Crippen LogP contribution in [0, 0.1) is 0 Å². The number of halogens is 1. The number of pyridine rings is 1. The summed E-state index contributed by atoms with van der Waals surface area (Å²) in [6, 6.07) is 8.38. The molecule has 0 fully saturated rings. The van der Waals surface area contributed by atoms with Gasteiger partial charge in [0.1, 0.15) is 0 Å². The lowest BCUT2D eigenvalue weighted by molar-refractivity contribution is 0.0653. The quantitative estimate of drug-likeness (QED) is 0.558. The minimum atomic E-state index is -0.298. The van der Waals surface area contributed by atoms with E-state index in [0.717, 1.165) is 10.0 Å². The lowest BCUT2D eigenvalue weighted by Crippen LogP contribution is -2.37. The van der Waals surface area contributed by atoms with Crippen LogP contribution in [0.5, 0.6) is 0 Å². The molecule has 2 heterocycles. The molecule has 2 aromatic rings. The van der Waals surface area contributed by atoms with Gasteiger partial charge in [0.05, 0.1) is 11.1 Å². The van der Waals surface area contributed by atoms with Gasteiger partial charge in [-0.2, -0.15) is 0 Å². The van der Waals surface area contributed by atoms with Crippen molar-refractivity contribution in [2.24, 2.45) is 0 Å². The van der Waals surface area contributed by atoms with Crippen molar-refractivity contribution in [1.29, 1.82) is 0 Å². The largest absolute Gasteiger partial charge is 0.338 e. The van der Waals surface area contributed by atoms with E-state index in [4.69, 9.17) is 0 Å². The highest BCUT2D eigenvalue weighted by Crippen LogP contribution is 2.25. The predicted octanol–water partition coefficient (Wildman–Crippen LogP) is 2.33. The van der Waals surface area contributed by atoms with Gasteiger partial charge >= 0.3 is 6.03 Å². The van der Waals surface area contributed by atoms with E-state index >= 15 is 0 Å². The van der Waals surface area contributed by atoms with Gasteiger partial charge in [0.2, 0.25) is 0 Å². The van der Waals surface area contributed by atoms with Crippen molar-refractivity contribution in [3.05, 3.63) is 63.9 Å². The van der Waals surface area contributed by atoms with Gasteiger partial charge in [-0.25, -0.2) is 4.79 Å². The number of amides is 4. The minimum Gasteiger partial charge on any atom is -0.338 e. The number of urea groups is 1. The summed E-state index contributed by atoms with van der Waals surface area (Å²) >= 11 is 3.30. The Labute approximate surface area is 158 Å². The van der Waals surface area contributed by atoms with Gasteiger partial charge in [-0.15, -0.1) is 0 Å². The molecule has 4 amide bonds. The normalized spacial score (nSPS) is 12.9. The van der Waals surface area contributed by atoms with Crippen LogP contribution in [-0.2, 0) is 6.54 Å². The van der Waals surface area contributed by atoms with E-state index in [1.54, 1.807) is 30.6 Å². The first-order valence-electron chi connectivity index (χ1n) is 8.12. The van der Waals surface area contributed by atoms with Gasteiger partial charge in [-0.05, 0) is 42.3 Å². The number of nitrogens with one attached hydrogen (secondary N) is 2. The molecule has 3 rings (SSSR count). The number of nitrogens with zero attached hydrogens (tertiary/aromatic N) is 2. The zero-order chi connectivity index (χ0) is 18.5. The first kappa shape index (κ1) is 18.1. The molecule has 1 aliphatic rings. The number of rotatable bonds is 6. The third kappa shape index (κ3) is 4.08. The molecule has 134 valence electrons. The molecule has 0 radical (unpaired) electrons. The highest BCUT2D eigenvalue weighted by Gasteiger charge is 2.34. The summed E-state index contributed by atoms with van der Waals surface area (Å²) in [7, 11) is 0. The highest BCUT2D eigenvalue weighted by atomic mass is 79.9. The van der Waals surface area contributed by atoms with Crippen LogP contribution in [-0.4, -0.2) is 40.8 Å². The molecule has 0 aliphatic carbocycles. The second-order valence-electron chi connectivity index (χ2n) is 5.77. The van der Waals surface area contributed by atoms with Crippen molar-refractivity contribution < 1.29 is 14.4 Å². The molecule has 26 heavy (non-hydrogen) atoms. The first-order valence-corrected chi connectivity index (χ1v) is 8.92. The summed E-state index contributed by atoms with van der Waals surface area (Å²) in [4.78, 5) is 41.5. The third-order valence-electron chi connectivity index (χ3n) is 3.98. The second-order valence-corrected chi connectivity index (χ2v) is 6.69. The van der Waals surface area contributed by atoms with Crippen LogP contribution in [0.4, 0.5) is 4.79 Å². The van der Waals surface area contributed by atoms with Gasteiger partial charge in [-0.1, -0.05) is 15.9 Å². The van der Waals surface area contributed by atoms with Crippen LogP contribution in [0.3, 0.4) is 0 Å². The number of carbonyl (C=O) groups is 3. The molecule has 0 saturated heterocycles. The third-order valence-corrected chi connectivity index (χ3v) is 4.47. The number of hydrogen-bond acceptors (Lipinski definition) is 4. The van der Waals surface area contributed by atoms with Crippen LogP contribution in [0.2, 0.25) is 0 Å². The fraction of sp³-hybridized carbons (Fsp3) is 0.222. The van der Waals surface area contributed by atoms with E-state index in [1.165, 1.54) is 4.90 Å². The number of carbonyl (C=O) groups excluding carboxylic acids is 3. The standard InChI is InChI=1S/C18H17BrN4O3/c19-13-2-3-14-15(10-13)17(25)23(16(14)24)9-1-6-21-18(26)22-11-12-4-7-20-8-5-12/h2-5,7-8,10H,1,6,9,11H2,(H2,21,22,26). The van der Waals surface area contributed by atoms with Crippen molar-refractivity contribution in [3.8, 4) is 0 Å². The lowest BCUT2D eigenvalue weighted by Gasteiger charge is -2.14. The molecule has 0 spiro atoms. The summed E-state index contributed by atoms with van der Waals surface area (Å²) < 4.78 is 0.756. The fourth-order valence-electron chi connectivity index (χ4n) is 2.65. The van der Waals surface area contributed by atoms with Crippen molar-refractivity contribution >= 4 is 33.8 Å². The smallest absolute Gasteiger partial charge is 0.315 e. The summed E-state index contributed by atoms with van der Waals surface area (Å²) in [6.45, 7) is 1.02. The predicted molar refractivity (Wildman–Crippen MR) is 98.6 cm³/mol. The summed E-state index contributed by atoms with van der Waals surface area (Å²) in [5, 5.41) is 5.45. The second kappa shape index (κ2) is 8.09. The SMILES string of the molecule is O=C(NCCCN1C(=O)c2ccc(Br)cc2C1=O)NCc1ccncc1. The van der Waals surface area contributed by atoms with Crippen molar-refractivity contribution in [2.45, 2.75) is 13.0 Å².